The third-order valence-electron chi connectivity index (χ3n) is 1.46. The molecule has 0 radical (unpaired) electrons. The van der Waals surface area contributed by atoms with E-state index in [1.807, 2.05) is 6.20 Å². The van der Waals surface area contributed by atoms with Gasteiger partial charge in [0.1, 0.15) is 6.73 Å². The van der Waals surface area contributed by atoms with Crippen molar-refractivity contribution in [1.29, 1.82) is 0 Å². The molecule has 1 heterocycles. The minimum Gasteiger partial charge on any atom is -0.374 e. The number of aliphatic hydroxyl groups is 1. The molecule has 0 unspecified atom stereocenters. The minimum atomic E-state index is -0.0350. The summed E-state index contributed by atoms with van der Waals surface area (Å²) >= 11 is 0. The Bertz CT molecular complexity index is 205. The standard InChI is InChI=1S/C7H12N2O/c1-6(2)7-3-8-9(4-7)5-10/h3-4,6,10H,5H2,1-2H3. The van der Waals surface area contributed by atoms with Gasteiger partial charge in [-0.1, -0.05) is 13.8 Å². The van der Waals surface area contributed by atoms with Gasteiger partial charge in [0.15, 0.2) is 0 Å². The summed E-state index contributed by atoms with van der Waals surface area (Å²) in [5, 5.41) is 12.6. The van der Waals surface area contributed by atoms with E-state index < -0.39 is 0 Å². The van der Waals surface area contributed by atoms with Crippen molar-refractivity contribution < 1.29 is 5.11 Å². The Balaban J connectivity index is 2.78. The fraction of sp³-hybridized carbons (Fsp3) is 0.571. The lowest BCUT2D eigenvalue weighted by Crippen LogP contribution is -1.95. The van der Waals surface area contributed by atoms with Crippen LogP contribution >= 0.6 is 0 Å². The van der Waals surface area contributed by atoms with E-state index in [4.69, 9.17) is 5.11 Å². The average molecular weight is 140 g/mol. The summed E-state index contributed by atoms with van der Waals surface area (Å²) in [4.78, 5) is 0. The minimum absolute atomic E-state index is 0.0350. The summed E-state index contributed by atoms with van der Waals surface area (Å²) in [7, 11) is 0. The third-order valence-corrected chi connectivity index (χ3v) is 1.46. The van der Waals surface area contributed by atoms with E-state index in [0.717, 1.165) is 5.56 Å². The molecule has 0 atom stereocenters. The molecule has 3 heteroatoms. The molecule has 10 heavy (non-hydrogen) atoms. The maximum atomic E-state index is 8.63. The molecule has 0 aliphatic rings. The van der Waals surface area contributed by atoms with Crippen molar-refractivity contribution in [3.05, 3.63) is 18.0 Å². The summed E-state index contributed by atoms with van der Waals surface area (Å²) in [6.45, 7) is 4.16. The molecule has 56 valence electrons. The Hall–Kier alpha value is -0.830. The van der Waals surface area contributed by atoms with E-state index in [9.17, 15) is 0 Å². The van der Waals surface area contributed by atoms with Crippen LogP contribution in [0.2, 0.25) is 0 Å². The van der Waals surface area contributed by atoms with Crippen LogP contribution in [0.15, 0.2) is 12.4 Å². The lowest BCUT2D eigenvalue weighted by atomic mass is 10.1. The van der Waals surface area contributed by atoms with Crippen LogP contribution in [0.4, 0.5) is 0 Å². The molecule has 0 bridgehead atoms. The molecular formula is C7H12N2O. The number of aromatic nitrogens is 2. The normalized spacial score (nSPS) is 10.8. The molecule has 0 aliphatic carbocycles. The maximum Gasteiger partial charge on any atom is 0.136 e. The first-order chi connectivity index (χ1) is 4.74. The average Bonchev–Trinajstić information content (AvgIpc) is 2.34. The van der Waals surface area contributed by atoms with Crippen LogP contribution in [-0.4, -0.2) is 14.9 Å². The van der Waals surface area contributed by atoms with Crippen molar-refractivity contribution >= 4 is 0 Å². The molecule has 1 aromatic rings. The molecule has 0 aliphatic heterocycles. The van der Waals surface area contributed by atoms with Crippen molar-refractivity contribution in [3.8, 4) is 0 Å². The highest BCUT2D eigenvalue weighted by atomic mass is 16.3. The van der Waals surface area contributed by atoms with Crippen LogP contribution in [0.5, 0.6) is 0 Å². The van der Waals surface area contributed by atoms with Crippen LogP contribution in [-0.2, 0) is 6.73 Å². The van der Waals surface area contributed by atoms with E-state index in [1.54, 1.807) is 6.20 Å². The predicted molar refractivity (Wildman–Crippen MR) is 38.5 cm³/mol. The molecule has 0 spiro atoms. The predicted octanol–water partition coefficient (Wildman–Crippen LogP) is 0.956. The first kappa shape index (κ1) is 7.28. The lowest BCUT2D eigenvalue weighted by Gasteiger charge is -1.96. The van der Waals surface area contributed by atoms with Crippen LogP contribution in [0.1, 0.15) is 25.3 Å². The van der Waals surface area contributed by atoms with Crippen molar-refractivity contribution in [2.24, 2.45) is 0 Å². The quantitative estimate of drug-likeness (QED) is 0.664. The second-order valence-corrected chi connectivity index (χ2v) is 2.61. The van der Waals surface area contributed by atoms with E-state index in [2.05, 4.69) is 18.9 Å². The zero-order valence-electron chi connectivity index (χ0n) is 6.28. The van der Waals surface area contributed by atoms with E-state index in [1.165, 1.54) is 4.68 Å². The number of rotatable bonds is 2. The highest BCUT2D eigenvalue weighted by Gasteiger charge is 2.00. The summed E-state index contributed by atoms with van der Waals surface area (Å²) < 4.78 is 1.51. The summed E-state index contributed by atoms with van der Waals surface area (Å²) in [5.74, 6) is 0.486. The van der Waals surface area contributed by atoms with Crippen molar-refractivity contribution in [2.75, 3.05) is 0 Å². The summed E-state index contributed by atoms with van der Waals surface area (Å²) in [6.07, 6.45) is 3.63. The van der Waals surface area contributed by atoms with Crippen molar-refractivity contribution in [2.45, 2.75) is 26.5 Å². The molecule has 1 aromatic heterocycles. The van der Waals surface area contributed by atoms with Gasteiger partial charge >= 0.3 is 0 Å². The van der Waals surface area contributed by atoms with Gasteiger partial charge in [0.05, 0.1) is 6.20 Å². The van der Waals surface area contributed by atoms with Gasteiger partial charge in [-0.25, -0.2) is 4.68 Å². The molecule has 1 rings (SSSR count). The number of hydrogen-bond donors (Lipinski definition) is 1. The van der Waals surface area contributed by atoms with Crippen molar-refractivity contribution in [3.63, 3.8) is 0 Å². The van der Waals surface area contributed by atoms with Gasteiger partial charge in [-0.3, -0.25) is 0 Å². The van der Waals surface area contributed by atoms with Gasteiger partial charge in [-0.05, 0) is 11.5 Å². The van der Waals surface area contributed by atoms with Crippen LogP contribution < -0.4 is 0 Å². The maximum absolute atomic E-state index is 8.63. The second-order valence-electron chi connectivity index (χ2n) is 2.61. The van der Waals surface area contributed by atoms with E-state index in [0.29, 0.717) is 5.92 Å². The molecule has 0 aromatic carbocycles. The smallest absolute Gasteiger partial charge is 0.136 e. The Morgan fingerprint density at radius 2 is 2.40 bits per heavy atom. The largest absolute Gasteiger partial charge is 0.374 e. The van der Waals surface area contributed by atoms with Crippen molar-refractivity contribution in [1.82, 2.24) is 9.78 Å². The van der Waals surface area contributed by atoms with E-state index in [-0.39, 0.29) is 6.73 Å². The molecule has 0 fully saturated rings. The third kappa shape index (κ3) is 1.36. The SMILES string of the molecule is CC(C)c1cnn(CO)c1. The van der Waals surface area contributed by atoms with Gasteiger partial charge < -0.3 is 5.11 Å². The van der Waals surface area contributed by atoms with Gasteiger partial charge in [-0.15, -0.1) is 0 Å². The fourth-order valence-electron chi connectivity index (χ4n) is 0.755. The number of nitrogens with zero attached hydrogens (tertiary/aromatic N) is 2. The summed E-state index contributed by atoms with van der Waals surface area (Å²) in [6, 6.07) is 0. The first-order valence-electron chi connectivity index (χ1n) is 3.37. The van der Waals surface area contributed by atoms with Gasteiger partial charge in [0.2, 0.25) is 0 Å². The number of aliphatic hydroxyl groups excluding tert-OH is 1. The fourth-order valence-corrected chi connectivity index (χ4v) is 0.755. The highest BCUT2D eigenvalue weighted by Crippen LogP contribution is 2.11. The molecule has 0 saturated heterocycles. The van der Waals surface area contributed by atoms with Gasteiger partial charge in [0.25, 0.3) is 0 Å². The molecular weight excluding hydrogens is 128 g/mol. The summed E-state index contributed by atoms with van der Waals surface area (Å²) in [5.41, 5.74) is 1.16. The van der Waals surface area contributed by atoms with Crippen LogP contribution in [0.25, 0.3) is 0 Å². The zero-order chi connectivity index (χ0) is 7.56. The Morgan fingerprint density at radius 3 is 2.70 bits per heavy atom. The molecule has 1 N–H and O–H groups in total. The molecule has 0 saturated carbocycles. The first-order valence-corrected chi connectivity index (χ1v) is 3.37. The van der Waals surface area contributed by atoms with Crippen LogP contribution in [0.3, 0.4) is 0 Å². The Kier molecular flexibility index (Phi) is 2.06. The highest BCUT2D eigenvalue weighted by molar-refractivity contribution is 5.08. The Morgan fingerprint density at radius 1 is 1.70 bits per heavy atom. The topological polar surface area (TPSA) is 38.0 Å². The second kappa shape index (κ2) is 2.84. The molecule has 0 amide bonds. The van der Waals surface area contributed by atoms with Crippen LogP contribution in [0, 0.1) is 0 Å². The monoisotopic (exact) mass is 140 g/mol. The Labute approximate surface area is 60.3 Å². The molecule has 3 nitrogen and oxygen atoms in total. The van der Waals surface area contributed by atoms with Gasteiger partial charge in [-0.2, -0.15) is 5.10 Å². The van der Waals surface area contributed by atoms with E-state index >= 15 is 0 Å². The zero-order valence-corrected chi connectivity index (χ0v) is 6.28. The number of hydrogen-bond acceptors (Lipinski definition) is 2. The van der Waals surface area contributed by atoms with Gasteiger partial charge in [0, 0.05) is 6.20 Å². The lowest BCUT2D eigenvalue weighted by molar-refractivity contribution is 0.195.